The molecular formula is C12H17N3O3S. The molecule has 0 aromatic heterocycles. The first-order valence-corrected chi connectivity index (χ1v) is 7.44. The lowest BCUT2D eigenvalue weighted by molar-refractivity contribution is 0.178. The van der Waals surface area contributed by atoms with Gasteiger partial charge in [-0.3, -0.25) is 9.71 Å². The van der Waals surface area contributed by atoms with Gasteiger partial charge in [-0.2, -0.15) is 0 Å². The minimum absolute atomic E-state index is 0.0948. The second-order valence-electron chi connectivity index (χ2n) is 4.34. The van der Waals surface area contributed by atoms with E-state index in [4.69, 9.17) is 10.5 Å². The zero-order valence-corrected chi connectivity index (χ0v) is 11.5. The maximum absolute atomic E-state index is 11.8. The van der Waals surface area contributed by atoms with Crippen molar-refractivity contribution in [2.24, 2.45) is 10.7 Å². The van der Waals surface area contributed by atoms with Crippen LogP contribution in [0, 0.1) is 0 Å². The number of methoxy groups -OCH3 is 1. The third-order valence-electron chi connectivity index (χ3n) is 2.81. The van der Waals surface area contributed by atoms with Crippen molar-refractivity contribution < 1.29 is 13.2 Å². The summed E-state index contributed by atoms with van der Waals surface area (Å²) in [4.78, 5) is 4.55. The molecule has 1 unspecified atom stereocenters. The van der Waals surface area contributed by atoms with Gasteiger partial charge in [0.25, 0.3) is 10.0 Å². The number of aliphatic imine (C=N–C) groups is 1. The minimum atomic E-state index is -3.45. The van der Waals surface area contributed by atoms with Crippen LogP contribution in [0.5, 0.6) is 0 Å². The maximum atomic E-state index is 11.8. The molecular weight excluding hydrogens is 266 g/mol. The Balaban J connectivity index is 2.11. The number of hydrogen-bond acceptors (Lipinski definition) is 5. The number of nitrogens with two attached hydrogens (primary N) is 1. The predicted octanol–water partition coefficient (Wildman–Crippen LogP) is 0.0889. The van der Waals surface area contributed by atoms with Crippen LogP contribution in [-0.4, -0.2) is 40.6 Å². The second kappa shape index (κ2) is 5.68. The highest BCUT2D eigenvalue weighted by atomic mass is 32.2. The Morgan fingerprint density at radius 1 is 1.42 bits per heavy atom. The fourth-order valence-corrected chi connectivity index (χ4v) is 3.14. The molecule has 1 aromatic rings. The van der Waals surface area contributed by atoms with Gasteiger partial charge in [0.1, 0.15) is 5.84 Å². The maximum Gasteiger partial charge on any atom is 0.263 e. The molecule has 6 nitrogen and oxygen atoms in total. The summed E-state index contributed by atoms with van der Waals surface area (Å²) in [7, 11) is -1.86. The van der Waals surface area contributed by atoms with E-state index in [0.29, 0.717) is 31.0 Å². The molecule has 104 valence electrons. The first kappa shape index (κ1) is 14.0. The highest BCUT2D eigenvalue weighted by molar-refractivity contribution is 7.90. The van der Waals surface area contributed by atoms with Crippen LogP contribution in [0.3, 0.4) is 0 Å². The Hall–Kier alpha value is -1.44. The highest BCUT2D eigenvalue weighted by Crippen LogP contribution is 2.22. The van der Waals surface area contributed by atoms with Crippen molar-refractivity contribution in [1.82, 2.24) is 4.72 Å². The Bertz CT molecular complexity index is 584. The zero-order valence-electron chi connectivity index (χ0n) is 10.7. The molecule has 1 aliphatic heterocycles. The molecule has 2 rings (SSSR count). The molecule has 19 heavy (non-hydrogen) atoms. The normalized spacial score (nSPS) is 20.0. The summed E-state index contributed by atoms with van der Waals surface area (Å²) < 4.78 is 31.0. The van der Waals surface area contributed by atoms with Crippen LogP contribution >= 0.6 is 0 Å². The van der Waals surface area contributed by atoms with Gasteiger partial charge in [0.2, 0.25) is 0 Å². The average molecular weight is 283 g/mol. The SMILES string of the molecule is COCC(N)CCN=C1NS(=O)(=O)c2ccccc21. The van der Waals surface area contributed by atoms with Crippen LogP contribution in [0.4, 0.5) is 0 Å². The van der Waals surface area contributed by atoms with Crippen molar-refractivity contribution in [2.75, 3.05) is 20.3 Å². The second-order valence-corrected chi connectivity index (χ2v) is 5.99. The summed E-state index contributed by atoms with van der Waals surface area (Å²) in [5, 5.41) is 0. The summed E-state index contributed by atoms with van der Waals surface area (Å²) in [6, 6.07) is 6.68. The van der Waals surface area contributed by atoms with Crippen LogP contribution in [0.15, 0.2) is 34.2 Å². The van der Waals surface area contributed by atoms with E-state index in [-0.39, 0.29) is 10.9 Å². The molecule has 0 radical (unpaired) electrons. The zero-order chi connectivity index (χ0) is 13.9. The van der Waals surface area contributed by atoms with E-state index >= 15 is 0 Å². The molecule has 7 heteroatoms. The van der Waals surface area contributed by atoms with Gasteiger partial charge in [-0.25, -0.2) is 8.42 Å². The standard InChI is InChI=1S/C12H17N3O3S/c1-18-8-9(13)6-7-14-12-10-4-2-3-5-11(10)19(16,17)15-12/h2-5,9H,6-8,13H2,1H3,(H,14,15). The van der Waals surface area contributed by atoms with Gasteiger partial charge >= 0.3 is 0 Å². The van der Waals surface area contributed by atoms with Gasteiger partial charge in [0.05, 0.1) is 11.5 Å². The number of sulfonamides is 1. The van der Waals surface area contributed by atoms with Gasteiger partial charge in [0.15, 0.2) is 0 Å². The lowest BCUT2D eigenvalue weighted by Crippen LogP contribution is -2.27. The van der Waals surface area contributed by atoms with E-state index < -0.39 is 10.0 Å². The van der Waals surface area contributed by atoms with Gasteiger partial charge in [-0.15, -0.1) is 0 Å². The Morgan fingerprint density at radius 3 is 2.89 bits per heavy atom. The van der Waals surface area contributed by atoms with E-state index in [0.717, 1.165) is 0 Å². The van der Waals surface area contributed by atoms with Gasteiger partial charge in [-0.1, -0.05) is 12.1 Å². The van der Waals surface area contributed by atoms with Crippen LogP contribution in [0.25, 0.3) is 0 Å². The predicted molar refractivity (Wildman–Crippen MR) is 72.6 cm³/mol. The van der Waals surface area contributed by atoms with Crippen LogP contribution < -0.4 is 10.5 Å². The van der Waals surface area contributed by atoms with E-state index in [1.54, 1.807) is 31.4 Å². The minimum Gasteiger partial charge on any atom is -0.383 e. The average Bonchev–Trinajstić information content (AvgIpc) is 2.62. The summed E-state index contributed by atoms with van der Waals surface area (Å²) in [5.41, 5.74) is 6.40. The molecule has 1 heterocycles. The lowest BCUT2D eigenvalue weighted by Gasteiger charge is -2.08. The van der Waals surface area contributed by atoms with Crippen LogP contribution in [-0.2, 0) is 14.8 Å². The van der Waals surface area contributed by atoms with E-state index in [1.807, 2.05) is 0 Å². The number of amidine groups is 1. The quantitative estimate of drug-likeness (QED) is 0.800. The molecule has 0 bridgehead atoms. The van der Waals surface area contributed by atoms with Crippen LogP contribution in [0.2, 0.25) is 0 Å². The number of nitrogens with zero attached hydrogens (tertiary/aromatic N) is 1. The summed E-state index contributed by atoms with van der Waals surface area (Å²) in [5.74, 6) is 0.389. The number of benzene rings is 1. The lowest BCUT2D eigenvalue weighted by atomic mass is 10.2. The summed E-state index contributed by atoms with van der Waals surface area (Å²) in [6.07, 6.45) is 0.640. The van der Waals surface area contributed by atoms with Crippen molar-refractivity contribution >= 4 is 15.9 Å². The molecule has 0 saturated carbocycles. The third-order valence-corrected chi connectivity index (χ3v) is 4.21. The van der Waals surface area contributed by atoms with E-state index in [1.165, 1.54) is 0 Å². The van der Waals surface area contributed by atoms with Crippen molar-refractivity contribution in [2.45, 2.75) is 17.4 Å². The molecule has 0 aliphatic carbocycles. The molecule has 1 atom stereocenters. The molecule has 0 amide bonds. The molecule has 1 aliphatic rings. The van der Waals surface area contributed by atoms with Gasteiger partial charge < -0.3 is 10.5 Å². The number of ether oxygens (including phenoxy) is 1. The van der Waals surface area contributed by atoms with Crippen molar-refractivity contribution in [3.63, 3.8) is 0 Å². The van der Waals surface area contributed by atoms with Crippen molar-refractivity contribution in [1.29, 1.82) is 0 Å². The number of nitrogens with one attached hydrogen (secondary N) is 1. The molecule has 0 spiro atoms. The number of fused-ring (bicyclic) bond motifs is 1. The summed E-state index contributed by atoms with van der Waals surface area (Å²) in [6.45, 7) is 0.921. The van der Waals surface area contributed by atoms with E-state index in [9.17, 15) is 8.42 Å². The number of hydrogen-bond donors (Lipinski definition) is 2. The fraction of sp³-hybridized carbons (Fsp3) is 0.417. The first-order valence-electron chi connectivity index (χ1n) is 5.96. The van der Waals surface area contributed by atoms with Gasteiger partial charge in [0, 0.05) is 25.3 Å². The van der Waals surface area contributed by atoms with Crippen LogP contribution in [0.1, 0.15) is 12.0 Å². The monoisotopic (exact) mass is 283 g/mol. The summed E-state index contributed by atoms with van der Waals surface area (Å²) >= 11 is 0. The molecule has 1 aromatic carbocycles. The third kappa shape index (κ3) is 3.12. The highest BCUT2D eigenvalue weighted by Gasteiger charge is 2.29. The van der Waals surface area contributed by atoms with Gasteiger partial charge in [-0.05, 0) is 18.6 Å². The van der Waals surface area contributed by atoms with Crippen molar-refractivity contribution in [3.8, 4) is 0 Å². The molecule has 0 fully saturated rings. The Morgan fingerprint density at radius 2 is 2.16 bits per heavy atom. The largest absolute Gasteiger partial charge is 0.383 e. The van der Waals surface area contributed by atoms with Crippen molar-refractivity contribution in [3.05, 3.63) is 29.8 Å². The smallest absolute Gasteiger partial charge is 0.263 e. The fourth-order valence-electron chi connectivity index (χ4n) is 1.89. The topological polar surface area (TPSA) is 93.8 Å². The molecule has 3 N–H and O–H groups in total. The number of rotatable bonds is 5. The Labute approximate surface area is 112 Å². The first-order chi connectivity index (χ1) is 9.04. The van der Waals surface area contributed by atoms with E-state index in [2.05, 4.69) is 9.71 Å². The molecule has 0 saturated heterocycles. The Kier molecular flexibility index (Phi) is 4.18.